The molecule has 0 aromatic rings. The monoisotopic (exact) mass is 133 g/mol. The van der Waals surface area contributed by atoms with Gasteiger partial charge >= 0.3 is 0 Å². The molecule has 0 fully saturated rings. The molecule has 0 saturated heterocycles. The number of nitrogens with zero attached hydrogens (tertiary/aromatic N) is 1. The lowest BCUT2D eigenvalue weighted by atomic mass is 11.3. The van der Waals surface area contributed by atoms with Crippen LogP contribution in [-0.4, -0.2) is 36.2 Å². The average molecular weight is 133 g/mol. The third-order valence-electron chi connectivity index (χ3n) is 0.730. The molecule has 0 aromatic carbocycles. The fourth-order valence-corrected chi connectivity index (χ4v) is 6.57. The zero-order valence-electron chi connectivity index (χ0n) is 5.73. The smallest absolute Gasteiger partial charge is 0.0820 e. The highest BCUT2D eigenvalue weighted by Gasteiger charge is 1.95. The molecule has 1 nitrogen and oxygen atoms in total. The molecular formula is C4H15NSi2. The van der Waals surface area contributed by atoms with Crippen LogP contribution < -0.4 is 0 Å². The summed E-state index contributed by atoms with van der Waals surface area (Å²) in [4.78, 5) is 0. The summed E-state index contributed by atoms with van der Waals surface area (Å²) in [6.07, 6.45) is 0. The van der Waals surface area contributed by atoms with Gasteiger partial charge in [-0.25, -0.2) is 0 Å². The van der Waals surface area contributed by atoms with E-state index in [4.69, 9.17) is 0 Å². The Labute approximate surface area is 50.0 Å². The molecule has 0 aliphatic rings. The van der Waals surface area contributed by atoms with E-state index in [1.807, 2.05) is 0 Å². The lowest BCUT2D eigenvalue weighted by Gasteiger charge is -2.08. The summed E-state index contributed by atoms with van der Waals surface area (Å²) in [6.45, 7) is 4.85. The summed E-state index contributed by atoms with van der Waals surface area (Å²) in [6, 6.07) is 0. The van der Waals surface area contributed by atoms with Crippen molar-refractivity contribution in [2.75, 3.05) is 14.1 Å². The van der Waals surface area contributed by atoms with Crippen LogP contribution in [0.2, 0.25) is 13.1 Å². The SMILES string of the molecule is CN(C)[SiH2][SiH](C)C. The van der Waals surface area contributed by atoms with Crippen molar-refractivity contribution >= 4 is 17.5 Å². The first kappa shape index (κ1) is 7.39. The maximum absolute atomic E-state index is 2.42. The predicted octanol–water partition coefficient (Wildman–Crippen LogP) is -0.385. The second-order valence-corrected chi connectivity index (χ2v) is 13.1. The van der Waals surface area contributed by atoms with Crippen LogP contribution in [-0.2, 0) is 0 Å². The highest BCUT2D eigenvalue weighted by atomic mass is 29.2. The Morgan fingerprint density at radius 2 is 1.71 bits per heavy atom. The van der Waals surface area contributed by atoms with Gasteiger partial charge in [0.05, 0.1) is 9.20 Å². The lowest BCUT2D eigenvalue weighted by Crippen LogP contribution is -2.28. The average Bonchev–Trinajstić information content (AvgIpc) is 1.27. The van der Waals surface area contributed by atoms with E-state index in [1.165, 1.54) is 0 Å². The fraction of sp³-hybridized carbons (Fsp3) is 1.00. The van der Waals surface area contributed by atoms with E-state index in [0.717, 1.165) is 0 Å². The lowest BCUT2D eigenvalue weighted by molar-refractivity contribution is 0.672. The van der Waals surface area contributed by atoms with E-state index in [9.17, 15) is 0 Å². The Morgan fingerprint density at radius 3 is 1.71 bits per heavy atom. The molecule has 0 radical (unpaired) electrons. The van der Waals surface area contributed by atoms with Crippen LogP contribution in [0.5, 0.6) is 0 Å². The van der Waals surface area contributed by atoms with Crippen molar-refractivity contribution in [1.82, 2.24) is 4.57 Å². The molecule has 0 aliphatic carbocycles. The maximum atomic E-state index is 2.42. The minimum Gasteiger partial charge on any atom is -0.337 e. The molecule has 44 valence electrons. The molecule has 0 saturated carbocycles. The fourth-order valence-electron chi connectivity index (χ4n) is 0.730. The van der Waals surface area contributed by atoms with Crippen LogP contribution in [0.25, 0.3) is 0 Å². The standard InChI is InChI=1S/C4H15NSi2/c1-5(2)6-7(3)4/h7H,6H2,1-4H3. The number of rotatable bonds is 2. The summed E-state index contributed by atoms with van der Waals surface area (Å²) < 4.78 is 2.40. The van der Waals surface area contributed by atoms with Gasteiger partial charge < -0.3 is 4.57 Å². The van der Waals surface area contributed by atoms with E-state index in [2.05, 4.69) is 31.8 Å². The number of hydrogen-bond donors (Lipinski definition) is 0. The first-order chi connectivity index (χ1) is 3.13. The predicted molar refractivity (Wildman–Crippen MR) is 41.1 cm³/mol. The van der Waals surface area contributed by atoms with Crippen molar-refractivity contribution in [1.29, 1.82) is 0 Å². The maximum Gasteiger partial charge on any atom is 0.0820 e. The molecule has 7 heavy (non-hydrogen) atoms. The minimum absolute atomic E-state index is 0.164. The van der Waals surface area contributed by atoms with E-state index >= 15 is 0 Å². The summed E-state index contributed by atoms with van der Waals surface area (Å²) in [5.74, 6) is 0. The third-order valence-corrected chi connectivity index (χ3v) is 6.57. The first-order valence-corrected chi connectivity index (χ1v) is 8.98. The third kappa shape index (κ3) is 6.39. The largest absolute Gasteiger partial charge is 0.337 e. The zero-order valence-corrected chi connectivity index (χ0v) is 8.30. The Balaban J connectivity index is 2.95. The van der Waals surface area contributed by atoms with Crippen LogP contribution in [0.3, 0.4) is 0 Å². The van der Waals surface area contributed by atoms with Crippen molar-refractivity contribution in [2.24, 2.45) is 0 Å². The summed E-state index contributed by atoms with van der Waals surface area (Å²) in [5, 5.41) is 0. The Morgan fingerprint density at radius 1 is 1.29 bits per heavy atom. The van der Waals surface area contributed by atoms with Gasteiger partial charge in [-0.15, -0.1) is 0 Å². The molecule has 0 heterocycles. The van der Waals surface area contributed by atoms with E-state index < -0.39 is 0 Å². The summed E-state index contributed by atoms with van der Waals surface area (Å²) in [7, 11) is 4.48. The zero-order chi connectivity index (χ0) is 5.86. The van der Waals surface area contributed by atoms with Crippen LogP contribution in [0, 0.1) is 0 Å². The van der Waals surface area contributed by atoms with E-state index in [0.29, 0.717) is 0 Å². The quantitative estimate of drug-likeness (QED) is 0.464. The van der Waals surface area contributed by atoms with Crippen molar-refractivity contribution in [3.05, 3.63) is 0 Å². The minimum atomic E-state index is -0.164. The van der Waals surface area contributed by atoms with Crippen LogP contribution in [0.1, 0.15) is 0 Å². The van der Waals surface area contributed by atoms with Crippen molar-refractivity contribution in [3.8, 4) is 0 Å². The Kier molecular flexibility index (Phi) is 3.59. The van der Waals surface area contributed by atoms with Gasteiger partial charge in [0, 0.05) is 8.31 Å². The van der Waals surface area contributed by atoms with Gasteiger partial charge in [0.1, 0.15) is 0 Å². The van der Waals surface area contributed by atoms with Crippen molar-refractivity contribution in [2.45, 2.75) is 13.1 Å². The van der Waals surface area contributed by atoms with Gasteiger partial charge in [0.15, 0.2) is 0 Å². The van der Waals surface area contributed by atoms with Crippen molar-refractivity contribution in [3.63, 3.8) is 0 Å². The molecular weight excluding hydrogens is 118 g/mol. The Bertz CT molecular complexity index is 39.0. The van der Waals surface area contributed by atoms with Gasteiger partial charge in [0.25, 0.3) is 0 Å². The number of hydrogen-bond acceptors (Lipinski definition) is 1. The van der Waals surface area contributed by atoms with Gasteiger partial charge in [-0.05, 0) is 14.1 Å². The van der Waals surface area contributed by atoms with Gasteiger partial charge in [-0.1, -0.05) is 13.1 Å². The molecule has 0 bridgehead atoms. The molecule has 0 unspecified atom stereocenters. The topological polar surface area (TPSA) is 3.24 Å². The van der Waals surface area contributed by atoms with E-state index in [1.54, 1.807) is 0 Å². The molecule has 3 heteroatoms. The highest BCUT2D eigenvalue weighted by Crippen LogP contribution is 1.76. The molecule has 0 rings (SSSR count). The molecule has 0 aromatic heterocycles. The Hall–Kier alpha value is 0.394. The molecule has 0 aliphatic heterocycles. The second-order valence-electron chi connectivity index (χ2n) is 2.66. The van der Waals surface area contributed by atoms with Gasteiger partial charge in [-0.2, -0.15) is 0 Å². The highest BCUT2D eigenvalue weighted by molar-refractivity contribution is 7.09. The van der Waals surface area contributed by atoms with Crippen LogP contribution >= 0.6 is 0 Å². The molecule has 0 amide bonds. The van der Waals surface area contributed by atoms with Gasteiger partial charge in [-0.3, -0.25) is 0 Å². The first-order valence-electron chi connectivity index (χ1n) is 2.77. The van der Waals surface area contributed by atoms with Crippen LogP contribution in [0.4, 0.5) is 0 Å². The normalized spacial score (nSPS) is 12.9. The molecule has 0 N–H and O–H groups in total. The molecule has 0 atom stereocenters. The van der Waals surface area contributed by atoms with Crippen molar-refractivity contribution < 1.29 is 0 Å². The van der Waals surface area contributed by atoms with Gasteiger partial charge in [0.2, 0.25) is 0 Å². The summed E-state index contributed by atoms with van der Waals surface area (Å²) >= 11 is 0. The van der Waals surface area contributed by atoms with E-state index in [-0.39, 0.29) is 17.5 Å². The molecule has 0 spiro atoms. The van der Waals surface area contributed by atoms with Crippen LogP contribution in [0.15, 0.2) is 0 Å². The second kappa shape index (κ2) is 3.40. The summed E-state index contributed by atoms with van der Waals surface area (Å²) in [5.41, 5.74) is 0.